The minimum absolute atomic E-state index is 0.0929. The number of likely N-dealkylation sites (N-methyl/N-ethyl adjacent to an activating group) is 1. The molecule has 2 aromatic rings. The van der Waals surface area contributed by atoms with E-state index in [0.717, 1.165) is 5.69 Å². The Bertz CT molecular complexity index is 835. The number of rotatable bonds is 15. The number of quaternary nitrogens is 1. The van der Waals surface area contributed by atoms with Crippen molar-refractivity contribution in [3.63, 3.8) is 0 Å². The van der Waals surface area contributed by atoms with Gasteiger partial charge >= 0.3 is 243 Å². The van der Waals surface area contributed by atoms with E-state index in [-0.39, 0.29) is 6.54 Å². The molecule has 0 spiro atoms. The van der Waals surface area contributed by atoms with E-state index in [1.54, 1.807) is 13.3 Å². The number of aliphatic carboxylic acids is 1. The number of carboxylic acid groups (broad SMARTS) is 1. The predicted octanol–water partition coefficient (Wildman–Crippen LogP) is 6.32. The summed E-state index contributed by atoms with van der Waals surface area (Å²) in [5.74, 6) is -0.778. The van der Waals surface area contributed by atoms with E-state index in [1.165, 1.54) is 50.4 Å². The molecule has 0 atom stereocenters. The summed E-state index contributed by atoms with van der Waals surface area (Å²) in [5, 5.41) is 9.01. The summed E-state index contributed by atoms with van der Waals surface area (Å²) in [7, 11) is 7.95. The van der Waals surface area contributed by atoms with Gasteiger partial charge in [-0.3, -0.25) is 0 Å². The molecule has 4 nitrogen and oxygen atoms in total. The molecule has 0 fully saturated rings. The molecule has 1 N–H and O–H groups in total. The molecule has 0 aliphatic carbocycles. The van der Waals surface area contributed by atoms with Crippen molar-refractivity contribution >= 4 is 43.2 Å². The molecule has 0 bridgehead atoms. The van der Waals surface area contributed by atoms with Crippen molar-refractivity contribution in [3.05, 3.63) is 48.5 Å². The zero-order chi connectivity index (χ0) is 27.0. The van der Waals surface area contributed by atoms with Crippen LogP contribution in [0.5, 0.6) is 0 Å². The molecule has 0 heterocycles. The second-order valence-corrected chi connectivity index (χ2v) is 27.0. The fourth-order valence-corrected chi connectivity index (χ4v) is 19.2. The summed E-state index contributed by atoms with van der Waals surface area (Å²) in [6.07, 6.45) is 8.85. The number of hydrogen-bond acceptors (Lipinski definition) is 2. The molecule has 0 aliphatic heterocycles. The van der Waals surface area contributed by atoms with Gasteiger partial charge in [-0.25, -0.2) is 0 Å². The van der Waals surface area contributed by atoms with Crippen molar-refractivity contribution < 1.29 is 34.5 Å². The molecule has 1 radical (unpaired) electrons. The first kappa shape index (κ1) is 33.4. The topological polar surface area (TPSA) is 40.5 Å². The molecule has 2 aromatic carbocycles. The van der Waals surface area contributed by atoms with Crippen molar-refractivity contribution in [2.45, 2.75) is 72.6 Å². The average molecular weight is 790 g/mol. The van der Waals surface area contributed by atoms with Gasteiger partial charge in [0.2, 0.25) is 0 Å². The van der Waals surface area contributed by atoms with Gasteiger partial charge in [0.25, 0.3) is 0 Å². The third kappa shape index (κ3) is 13.8. The summed E-state index contributed by atoms with van der Waals surface area (Å²) in [5.41, 5.74) is 2.26. The van der Waals surface area contributed by atoms with Crippen LogP contribution in [0.1, 0.15) is 59.3 Å². The Hall–Kier alpha value is -0.596. The van der Waals surface area contributed by atoms with Gasteiger partial charge in [-0.15, -0.1) is 0 Å². The molecule has 0 aliphatic rings. The van der Waals surface area contributed by atoms with Crippen LogP contribution in [0, 0.1) is 0 Å². The summed E-state index contributed by atoms with van der Waals surface area (Å²) < 4.78 is 8.34. The first-order valence-electron chi connectivity index (χ1n) is 13.9. The Morgan fingerprint density at radius 1 is 0.806 bits per heavy atom. The summed E-state index contributed by atoms with van der Waals surface area (Å²) >= 11 is -2.16. The first-order chi connectivity index (χ1) is 17.1. The van der Waals surface area contributed by atoms with E-state index < -0.39 is 50.3 Å². The van der Waals surface area contributed by atoms with Crippen LogP contribution in [0.25, 0.3) is 0 Å². The number of benzene rings is 2. The number of nitrogens with zero attached hydrogens (tertiary/aromatic N) is 2. The third-order valence-electron chi connectivity index (χ3n) is 6.68. The van der Waals surface area contributed by atoms with Crippen molar-refractivity contribution in [2.24, 2.45) is 0 Å². The summed E-state index contributed by atoms with van der Waals surface area (Å²) in [6, 6.07) is 17.4. The van der Waals surface area contributed by atoms with Crippen LogP contribution in [0.3, 0.4) is 0 Å². The molecule has 0 saturated heterocycles. The molecule has 0 unspecified atom stereocenters. The number of unbranched alkanes of at least 4 members (excludes halogenated alkanes) is 3. The Kier molecular flexibility index (Phi) is 17.3. The molecular formula is C30H50HgN2O2Sn+. The Labute approximate surface area is 241 Å². The van der Waals surface area contributed by atoms with Gasteiger partial charge in [-0.2, -0.15) is 0 Å². The fourth-order valence-electron chi connectivity index (χ4n) is 4.25. The molecule has 0 amide bonds. The van der Waals surface area contributed by atoms with E-state index >= 15 is 0 Å². The van der Waals surface area contributed by atoms with Gasteiger partial charge in [0.15, 0.2) is 0 Å². The molecular weight excluding hydrogens is 740 g/mol. The van der Waals surface area contributed by atoms with E-state index in [1.807, 2.05) is 14.1 Å². The van der Waals surface area contributed by atoms with Crippen molar-refractivity contribution in [1.29, 1.82) is 0 Å². The van der Waals surface area contributed by atoms with Crippen LogP contribution in [0.4, 0.5) is 11.4 Å². The van der Waals surface area contributed by atoms with Crippen molar-refractivity contribution in [1.82, 2.24) is 4.48 Å². The summed E-state index contributed by atoms with van der Waals surface area (Å²) in [6.45, 7) is 7.09. The predicted molar refractivity (Wildman–Crippen MR) is 158 cm³/mol. The van der Waals surface area contributed by atoms with Gasteiger partial charge in [0.1, 0.15) is 0 Å². The van der Waals surface area contributed by atoms with E-state index in [9.17, 15) is 4.79 Å². The van der Waals surface area contributed by atoms with Gasteiger partial charge in [0.05, 0.1) is 0 Å². The standard InChI is InChI=1S/C10H12NO2.C8H10N.3C4H9.Hg.Sn/c1-11(2,8-10(12)13)9-6-4-3-5-7-9;1-9(2)8-6-4-3-5-7-8;3*1-3-4-2;;/h4-7H,8H2,1-2H3;4-7H,1-2H3;3*1,3-4H2,2H3;;/p+1. The number of hydrogen-bond donors (Lipinski definition) is 1. The molecule has 2 rings (SSSR count). The Morgan fingerprint density at radius 3 is 1.58 bits per heavy atom. The Morgan fingerprint density at radius 2 is 1.22 bits per heavy atom. The number of anilines is 1. The second-order valence-electron chi connectivity index (χ2n) is 10.7. The van der Waals surface area contributed by atoms with Crippen LogP contribution < -0.4 is 15.5 Å². The van der Waals surface area contributed by atoms with Crippen LogP contribution in [0.2, 0.25) is 13.3 Å². The van der Waals surface area contributed by atoms with E-state index in [2.05, 4.69) is 88.3 Å². The maximum absolute atomic E-state index is 11.0. The van der Waals surface area contributed by atoms with Crippen molar-refractivity contribution in [3.8, 4) is 0 Å². The minimum atomic E-state index is -1.32. The normalized spacial score (nSPS) is 11.0. The second kappa shape index (κ2) is 18.6. The molecule has 197 valence electrons. The first-order valence-corrected chi connectivity index (χ1v) is 25.4. The van der Waals surface area contributed by atoms with Gasteiger partial charge in [-0.1, -0.05) is 0 Å². The van der Waals surface area contributed by atoms with Crippen LogP contribution in [-0.4, -0.2) is 65.6 Å². The SMILES string of the molecule is CCC[CH2][Sn]([CH2]CCC)[CH2]CCC.CN(C)c1cc[c]([Hg][c]2ccc([N+](C)(C)CC(=O)O)cc2)cc1. The third-order valence-corrected chi connectivity index (χ3v) is 22.6. The van der Waals surface area contributed by atoms with Crippen molar-refractivity contribution in [2.75, 3.05) is 39.6 Å². The van der Waals surface area contributed by atoms with Gasteiger partial charge in [0, 0.05) is 0 Å². The molecule has 6 heteroatoms. The van der Waals surface area contributed by atoms with Crippen LogP contribution in [-0.2, 0) is 29.4 Å². The number of carboxylic acids is 1. The zero-order valence-corrected chi connectivity index (χ0v) is 32.5. The van der Waals surface area contributed by atoms with Gasteiger partial charge in [-0.05, 0) is 0 Å². The van der Waals surface area contributed by atoms with Gasteiger partial charge < -0.3 is 0 Å². The van der Waals surface area contributed by atoms with Crippen LogP contribution in [0.15, 0.2) is 48.5 Å². The number of carbonyl (C=O) groups is 1. The maximum atomic E-state index is 11.0. The molecule has 0 aromatic heterocycles. The average Bonchev–Trinajstić information content (AvgIpc) is 2.84. The summed E-state index contributed by atoms with van der Waals surface area (Å²) in [4.78, 5) is 13.1. The molecule has 0 saturated carbocycles. The fraction of sp³-hybridized carbons (Fsp3) is 0.567. The monoisotopic (exact) mass is 792 g/mol. The quantitative estimate of drug-likeness (QED) is 0.170. The Balaban J connectivity index is 0.000000426. The zero-order valence-electron chi connectivity index (χ0n) is 24.1. The van der Waals surface area contributed by atoms with E-state index in [0.29, 0.717) is 4.48 Å². The van der Waals surface area contributed by atoms with Crippen LogP contribution >= 0.6 is 0 Å². The molecule has 36 heavy (non-hydrogen) atoms. The van der Waals surface area contributed by atoms with E-state index in [4.69, 9.17) is 5.11 Å².